The van der Waals surface area contributed by atoms with Gasteiger partial charge in [0, 0.05) is 18.0 Å². The van der Waals surface area contributed by atoms with Crippen LogP contribution in [0.4, 0.5) is 4.39 Å². The summed E-state index contributed by atoms with van der Waals surface area (Å²) in [5, 5.41) is 2.29. The van der Waals surface area contributed by atoms with Crippen molar-refractivity contribution in [1.82, 2.24) is 4.72 Å². The lowest BCUT2D eigenvalue weighted by Gasteiger charge is -2.08. The first-order valence-electron chi connectivity index (χ1n) is 4.54. The Labute approximate surface area is 112 Å². The van der Waals surface area contributed by atoms with Gasteiger partial charge in [-0.25, -0.2) is 17.5 Å². The largest absolute Gasteiger partial charge is 0.242 e. The van der Waals surface area contributed by atoms with Gasteiger partial charge in [-0.2, -0.15) is 0 Å². The van der Waals surface area contributed by atoms with E-state index in [0.29, 0.717) is 0 Å². The Bertz CT molecular complexity index is 601. The fourth-order valence-corrected chi connectivity index (χ4v) is 2.83. The fourth-order valence-electron chi connectivity index (χ4n) is 1.07. The molecule has 0 aliphatic rings. The second-order valence-corrected chi connectivity index (χ2v) is 5.55. The van der Waals surface area contributed by atoms with Crippen LogP contribution in [0.15, 0.2) is 22.1 Å². The van der Waals surface area contributed by atoms with Crippen LogP contribution >= 0.6 is 23.2 Å². The Hall–Kier alpha value is -1.05. The first-order chi connectivity index (χ1) is 8.40. The molecule has 0 atom stereocenters. The third-order valence-corrected chi connectivity index (χ3v) is 4.13. The Morgan fingerprint density at radius 3 is 2.72 bits per heavy atom. The molecule has 0 amide bonds. The molecule has 1 aromatic carbocycles. The second-order valence-electron chi connectivity index (χ2n) is 3.03. The van der Waals surface area contributed by atoms with Gasteiger partial charge >= 0.3 is 0 Å². The molecule has 0 saturated carbocycles. The normalized spacial score (nSPS) is 11.1. The molecular formula is C8H7Cl2FN4O2S. The van der Waals surface area contributed by atoms with Gasteiger partial charge in [0.1, 0.15) is 4.90 Å². The lowest BCUT2D eigenvalue weighted by molar-refractivity contribution is 0.578. The van der Waals surface area contributed by atoms with Crippen LogP contribution in [-0.2, 0) is 10.0 Å². The number of nitrogens with one attached hydrogen (secondary N) is 1. The summed E-state index contributed by atoms with van der Waals surface area (Å²) in [6.45, 7) is -0.184. The Kier molecular flexibility index (Phi) is 5.18. The molecule has 0 aliphatic carbocycles. The molecule has 10 heteroatoms. The molecule has 18 heavy (non-hydrogen) atoms. The molecule has 1 rings (SSSR count). The number of halogens is 3. The molecule has 0 fully saturated rings. The van der Waals surface area contributed by atoms with Crippen LogP contribution in [0.3, 0.4) is 0 Å². The van der Waals surface area contributed by atoms with Gasteiger partial charge in [-0.3, -0.25) is 0 Å². The first kappa shape index (κ1) is 15.0. The van der Waals surface area contributed by atoms with Crippen molar-refractivity contribution in [1.29, 1.82) is 0 Å². The molecule has 0 bridgehead atoms. The van der Waals surface area contributed by atoms with E-state index < -0.39 is 25.8 Å². The molecule has 1 aromatic rings. The summed E-state index contributed by atoms with van der Waals surface area (Å²) in [7, 11) is -3.97. The number of hydrogen-bond donors (Lipinski definition) is 1. The first-order valence-corrected chi connectivity index (χ1v) is 6.78. The monoisotopic (exact) mass is 312 g/mol. The van der Waals surface area contributed by atoms with Crippen molar-refractivity contribution < 1.29 is 12.8 Å². The Balaban J connectivity index is 2.99. The minimum atomic E-state index is -3.97. The SMILES string of the molecule is [N-]=[N+]=NCCNS(=O)(=O)c1ccc(Cl)c(F)c1Cl. The van der Waals surface area contributed by atoms with E-state index in [1.807, 2.05) is 0 Å². The highest BCUT2D eigenvalue weighted by Gasteiger charge is 2.21. The van der Waals surface area contributed by atoms with Gasteiger partial charge in [0.2, 0.25) is 10.0 Å². The molecule has 0 unspecified atom stereocenters. The van der Waals surface area contributed by atoms with Crippen LogP contribution in [0.2, 0.25) is 10.0 Å². The van der Waals surface area contributed by atoms with Crippen molar-refractivity contribution in [3.05, 3.63) is 38.4 Å². The van der Waals surface area contributed by atoms with Crippen LogP contribution in [0.25, 0.3) is 10.4 Å². The predicted octanol–water partition coefficient (Wildman–Crippen LogP) is 2.72. The van der Waals surface area contributed by atoms with E-state index in [1.165, 1.54) is 0 Å². The van der Waals surface area contributed by atoms with E-state index in [9.17, 15) is 12.8 Å². The molecule has 0 aliphatic heterocycles. The molecular weight excluding hydrogens is 306 g/mol. The highest BCUT2D eigenvalue weighted by molar-refractivity contribution is 7.89. The van der Waals surface area contributed by atoms with Crippen LogP contribution in [-0.4, -0.2) is 21.5 Å². The van der Waals surface area contributed by atoms with Crippen LogP contribution < -0.4 is 4.72 Å². The number of benzene rings is 1. The molecule has 0 heterocycles. The second kappa shape index (κ2) is 6.21. The van der Waals surface area contributed by atoms with E-state index in [-0.39, 0.29) is 18.1 Å². The molecule has 0 aromatic heterocycles. The van der Waals surface area contributed by atoms with Gasteiger partial charge in [-0.1, -0.05) is 28.3 Å². The quantitative estimate of drug-likeness (QED) is 0.297. The summed E-state index contributed by atoms with van der Waals surface area (Å²) in [5.74, 6) is -1.00. The molecule has 0 radical (unpaired) electrons. The lowest BCUT2D eigenvalue weighted by atomic mass is 10.3. The zero-order valence-corrected chi connectivity index (χ0v) is 11.1. The molecule has 1 N–H and O–H groups in total. The number of azide groups is 1. The fraction of sp³-hybridized carbons (Fsp3) is 0.250. The molecule has 0 spiro atoms. The van der Waals surface area contributed by atoms with E-state index in [4.69, 9.17) is 28.7 Å². The van der Waals surface area contributed by atoms with E-state index in [1.54, 1.807) is 0 Å². The maximum absolute atomic E-state index is 13.3. The maximum Gasteiger partial charge on any atom is 0.242 e. The number of hydrogen-bond acceptors (Lipinski definition) is 3. The van der Waals surface area contributed by atoms with Crippen LogP contribution in [0, 0.1) is 5.82 Å². The van der Waals surface area contributed by atoms with Crippen molar-refractivity contribution in [3.63, 3.8) is 0 Å². The third kappa shape index (κ3) is 3.47. The van der Waals surface area contributed by atoms with Gasteiger partial charge in [-0.15, -0.1) is 0 Å². The molecule has 0 saturated heterocycles. The summed E-state index contributed by atoms with van der Waals surface area (Å²) < 4.78 is 38.9. The van der Waals surface area contributed by atoms with Crippen LogP contribution in [0.5, 0.6) is 0 Å². The Morgan fingerprint density at radius 1 is 1.44 bits per heavy atom. The standard InChI is InChI=1S/C8H7Cl2FN4O2S/c9-5-1-2-6(7(10)8(5)11)18(16,17)14-4-3-13-15-12/h1-2,14H,3-4H2. The highest BCUT2D eigenvalue weighted by Crippen LogP contribution is 2.29. The summed E-state index contributed by atoms with van der Waals surface area (Å²) >= 11 is 11.0. The highest BCUT2D eigenvalue weighted by atomic mass is 35.5. The summed E-state index contributed by atoms with van der Waals surface area (Å²) in [4.78, 5) is 2.03. The average molecular weight is 313 g/mol. The van der Waals surface area contributed by atoms with Crippen molar-refractivity contribution in [2.75, 3.05) is 13.1 Å². The van der Waals surface area contributed by atoms with Gasteiger partial charge in [0.05, 0.1) is 10.0 Å². The smallest absolute Gasteiger partial charge is 0.211 e. The predicted molar refractivity (Wildman–Crippen MR) is 65.6 cm³/mol. The zero-order chi connectivity index (χ0) is 13.8. The average Bonchev–Trinajstić information content (AvgIpc) is 2.31. The van der Waals surface area contributed by atoms with E-state index in [2.05, 4.69) is 14.7 Å². The molecule has 6 nitrogen and oxygen atoms in total. The van der Waals surface area contributed by atoms with E-state index in [0.717, 1.165) is 12.1 Å². The number of sulfonamides is 1. The van der Waals surface area contributed by atoms with Crippen molar-refractivity contribution in [2.24, 2.45) is 5.11 Å². The minimum absolute atomic E-state index is 0.0661. The van der Waals surface area contributed by atoms with Gasteiger partial charge in [-0.05, 0) is 17.7 Å². The van der Waals surface area contributed by atoms with Gasteiger partial charge < -0.3 is 0 Å². The summed E-state index contributed by atoms with van der Waals surface area (Å²) in [6, 6.07) is 2.18. The third-order valence-electron chi connectivity index (χ3n) is 1.86. The molecule has 98 valence electrons. The Morgan fingerprint density at radius 2 is 2.11 bits per heavy atom. The minimum Gasteiger partial charge on any atom is -0.211 e. The van der Waals surface area contributed by atoms with Gasteiger partial charge in [0.15, 0.2) is 5.82 Å². The maximum atomic E-state index is 13.3. The topological polar surface area (TPSA) is 94.9 Å². The summed E-state index contributed by atoms with van der Waals surface area (Å²) in [6.07, 6.45) is 0. The van der Waals surface area contributed by atoms with Gasteiger partial charge in [0.25, 0.3) is 0 Å². The van der Waals surface area contributed by atoms with Crippen molar-refractivity contribution >= 4 is 33.2 Å². The summed E-state index contributed by atoms with van der Waals surface area (Å²) in [5.41, 5.74) is 8.02. The number of nitrogens with zero attached hydrogens (tertiary/aromatic N) is 3. The lowest BCUT2D eigenvalue weighted by Crippen LogP contribution is -2.26. The van der Waals surface area contributed by atoms with Crippen molar-refractivity contribution in [2.45, 2.75) is 4.90 Å². The number of rotatable bonds is 5. The van der Waals surface area contributed by atoms with Crippen LogP contribution in [0.1, 0.15) is 0 Å². The zero-order valence-electron chi connectivity index (χ0n) is 8.77. The van der Waals surface area contributed by atoms with Crippen molar-refractivity contribution in [3.8, 4) is 0 Å². The van der Waals surface area contributed by atoms with E-state index >= 15 is 0 Å².